The number of ether oxygens (including phenoxy) is 1. The average Bonchev–Trinajstić information content (AvgIpc) is 2.62. The van der Waals surface area contributed by atoms with Gasteiger partial charge in [0.2, 0.25) is 10.0 Å². The summed E-state index contributed by atoms with van der Waals surface area (Å²) in [6, 6.07) is 7.02. The summed E-state index contributed by atoms with van der Waals surface area (Å²) in [5, 5.41) is 3.13. The Bertz CT molecular complexity index is 660. The van der Waals surface area contributed by atoms with Crippen LogP contribution in [0.4, 0.5) is 0 Å². The Hall–Kier alpha value is -1.000. The number of nitrogens with zero attached hydrogens (tertiary/aromatic N) is 2. The van der Waals surface area contributed by atoms with Crippen LogP contribution in [-0.2, 0) is 14.8 Å². The molecule has 1 aliphatic rings. The number of hydrogen-bond donors (Lipinski definition) is 1. The largest absolute Gasteiger partial charge is 0.383 e. The van der Waals surface area contributed by atoms with Gasteiger partial charge in [-0.25, -0.2) is 8.42 Å². The molecule has 1 aromatic rings. The molecule has 1 N–H and O–H groups in total. The van der Waals surface area contributed by atoms with E-state index in [1.165, 1.54) is 9.21 Å². The predicted molar refractivity (Wildman–Crippen MR) is 100 cm³/mol. The van der Waals surface area contributed by atoms with Crippen LogP contribution in [0.5, 0.6) is 0 Å². The zero-order valence-electron chi connectivity index (χ0n) is 14.3. The van der Waals surface area contributed by atoms with Gasteiger partial charge >= 0.3 is 0 Å². The van der Waals surface area contributed by atoms with Crippen molar-refractivity contribution in [3.8, 4) is 0 Å². The van der Waals surface area contributed by atoms with Crippen molar-refractivity contribution in [2.45, 2.75) is 0 Å². The molecule has 1 fully saturated rings. The lowest BCUT2D eigenvalue weighted by Gasteiger charge is -2.28. The van der Waals surface area contributed by atoms with Crippen LogP contribution >= 0.6 is 15.9 Å². The molecule has 1 amide bonds. The lowest BCUT2D eigenvalue weighted by Crippen LogP contribution is -2.48. The molecule has 0 aromatic heterocycles. The smallest absolute Gasteiger partial charge is 0.253 e. The number of methoxy groups -OCH3 is 1. The first-order chi connectivity index (χ1) is 11.9. The minimum atomic E-state index is -3.37. The normalized spacial score (nSPS) is 15.9. The number of amides is 1. The van der Waals surface area contributed by atoms with Crippen LogP contribution in [0.3, 0.4) is 0 Å². The number of sulfonamides is 1. The number of hydrogen-bond acceptors (Lipinski definition) is 5. The summed E-state index contributed by atoms with van der Waals surface area (Å²) < 4.78 is 32.4. The monoisotopic (exact) mass is 433 g/mol. The van der Waals surface area contributed by atoms with Gasteiger partial charge in [-0.2, -0.15) is 4.31 Å². The number of carbonyl (C=O) groups is 1. The number of benzene rings is 1. The number of piperazine rings is 1. The Morgan fingerprint density at radius 1 is 1.24 bits per heavy atom. The number of carbonyl (C=O) groups excluding carboxylic acids is 1. The maximum atomic E-state index is 12.7. The van der Waals surface area contributed by atoms with E-state index in [0.717, 1.165) is 4.47 Å². The van der Waals surface area contributed by atoms with Gasteiger partial charge in [0.15, 0.2) is 0 Å². The molecule has 2 rings (SSSR count). The summed E-state index contributed by atoms with van der Waals surface area (Å²) in [5.74, 6) is -0.279. The van der Waals surface area contributed by atoms with E-state index in [0.29, 0.717) is 44.9 Å². The Balaban J connectivity index is 2.03. The highest BCUT2D eigenvalue weighted by atomic mass is 79.9. The molecular formula is C16H24BrN3O4S. The summed E-state index contributed by atoms with van der Waals surface area (Å²) in [6.07, 6.45) is 0. The van der Waals surface area contributed by atoms with Crippen molar-refractivity contribution in [1.29, 1.82) is 0 Å². The van der Waals surface area contributed by atoms with Gasteiger partial charge in [-0.1, -0.05) is 15.9 Å². The highest BCUT2D eigenvalue weighted by molar-refractivity contribution is 9.10. The van der Waals surface area contributed by atoms with Gasteiger partial charge in [-0.15, -0.1) is 0 Å². The molecule has 0 saturated carbocycles. The number of rotatable bonds is 8. The fourth-order valence-electron chi connectivity index (χ4n) is 2.57. The first kappa shape index (κ1) is 20.3. The first-order valence-electron chi connectivity index (χ1n) is 8.16. The van der Waals surface area contributed by atoms with Crippen LogP contribution in [0, 0.1) is 0 Å². The van der Waals surface area contributed by atoms with E-state index >= 15 is 0 Å². The Labute approximate surface area is 157 Å². The van der Waals surface area contributed by atoms with Gasteiger partial charge in [0, 0.05) is 56.4 Å². The number of halogens is 1. The lowest BCUT2D eigenvalue weighted by molar-refractivity contribution is 0.0707. The van der Waals surface area contributed by atoms with Gasteiger partial charge in [-0.05, 0) is 24.3 Å². The second-order valence-corrected chi connectivity index (χ2v) is 8.76. The second kappa shape index (κ2) is 9.63. The molecule has 0 radical (unpaired) electrons. The highest BCUT2D eigenvalue weighted by Gasteiger charge is 2.25. The summed E-state index contributed by atoms with van der Waals surface area (Å²) in [4.78, 5) is 14.2. The van der Waals surface area contributed by atoms with Gasteiger partial charge in [0.1, 0.15) is 0 Å². The van der Waals surface area contributed by atoms with Crippen molar-refractivity contribution in [1.82, 2.24) is 14.5 Å². The molecule has 140 valence electrons. The third kappa shape index (κ3) is 6.03. The SMILES string of the molecule is COCCN(CCS(=O)(=O)N1CCNCC1)C(=O)c1ccc(Br)cc1. The van der Waals surface area contributed by atoms with E-state index in [-0.39, 0.29) is 18.2 Å². The molecule has 9 heteroatoms. The topological polar surface area (TPSA) is 79.0 Å². The maximum absolute atomic E-state index is 12.7. The Morgan fingerprint density at radius 3 is 2.48 bits per heavy atom. The molecule has 1 heterocycles. The fourth-order valence-corrected chi connectivity index (χ4v) is 4.28. The van der Waals surface area contributed by atoms with Crippen LogP contribution in [0.15, 0.2) is 28.7 Å². The third-order valence-corrected chi connectivity index (χ3v) is 6.41. The van der Waals surface area contributed by atoms with Crippen LogP contribution in [0.25, 0.3) is 0 Å². The maximum Gasteiger partial charge on any atom is 0.253 e. The zero-order valence-corrected chi connectivity index (χ0v) is 16.7. The van der Waals surface area contributed by atoms with Crippen molar-refractivity contribution in [3.05, 3.63) is 34.3 Å². The summed E-state index contributed by atoms with van der Waals surface area (Å²) >= 11 is 3.34. The van der Waals surface area contributed by atoms with Crippen molar-refractivity contribution in [2.75, 3.05) is 58.7 Å². The molecule has 0 aliphatic carbocycles. The fraction of sp³-hybridized carbons (Fsp3) is 0.562. The van der Waals surface area contributed by atoms with Crippen molar-refractivity contribution in [3.63, 3.8) is 0 Å². The minimum absolute atomic E-state index is 0.0843. The van der Waals surface area contributed by atoms with Crippen LogP contribution in [0.1, 0.15) is 10.4 Å². The lowest BCUT2D eigenvalue weighted by atomic mass is 10.2. The molecule has 0 unspecified atom stereocenters. The minimum Gasteiger partial charge on any atom is -0.383 e. The van der Waals surface area contributed by atoms with Crippen LogP contribution in [0.2, 0.25) is 0 Å². The molecule has 7 nitrogen and oxygen atoms in total. The summed E-state index contributed by atoms with van der Waals surface area (Å²) in [5.41, 5.74) is 0.527. The predicted octanol–water partition coefficient (Wildman–Crippen LogP) is 0.773. The molecule has 0 spiro atoms. The summed E-state index contributed by atoms with van der Waals surface area (Å²) in [6.45, 7) is 3.11. The van der Waals surface area contributed by atoms with Gasteiger partial charge in [0.05, 0.1) is 12.4 Å². The van der Waals surface area contributed by atoms with Crippen molar-refractivity contribution < 1.29 is 17.9 Å². The molecule has 1 aromatic carbocycles. The van der Waals surface area contributed by atoms with Crippen molar-refractivity contribution >= 4 is 31.9 Å². The van der Waals surface area contributed by atoms with E-state index in [9.17, 15) is 13.2 Å². The van der Waals surface area contributed by atoms with Gasteiger partial charge in [0.25, 0.3) is 5.91 Å². The van der Waals surface area contributed by atoms with Crippen LogP contribution in [-0.4, -0.2) is 82.3 Å². The second-order valence-electron chi connectivity index (χ2n) is 5.76. The highest BCUT2D eigenvalue weighted by Crippen LogP contribution is 2.13. The standard InChI is InChI=1S/C16H24BrN3O4S/c1-24-12-10-19(16(21)14-2-4-15(17)5-3-14)11-13-25(22,23)20-8-6-18-7-9-20/h2-5,18H,6-13H2,1H3. The molecule has 0 bridgehead atoms. The first-order valence-corrected chi connectivity index (χ1v) is 10.6. The molecule has 1 saturated heterocycles. The molecule has 0 atom stereocenters. The molecule has 1 aliphatic heterocycles. The Kier molecular flexibility index (Phi) is 7.82. The zero-order chi connectivity index (χ0) is 18.3. The van der Waals surface area contributed by atoms with E-state index in [4.69, 9.17) is 4.74 Å². The third-order valence-electron chi connectivity index (χ3n) is 4.03. The van der Waals surface area contributed by atoms with E-state index < -0.39 is 10.0 Å². The Morgan fingerprint density at radius 2 is 1.88 bits per heavy atom. The van der Waals surface area contributed by atoms with Gasteiger partial charge < -0.3 is 15.0 Å². The quantitative estimate of drug-likeness (QED) is 0.654. The summed E-state index contributed by atoms with van der Waals surface area (Å²) in [7, 11) is -1.82. The molecule has 25 heavy (non-hydrogen) atoms. The van der Waals surface area contributed by atoms with E-state index in [2.05, 4.69) is 21.2 Å². The van der Waals surface area contributed by atoms with Crippen LogP contribution < -0.4 is 5.32 Å². The van der Waals surface area contributed by atoms with E-state index in [1.54, 1.807) is 31.4 Å². The van der Waals surface area contributed by atoms with Gasteiger partial charge in [-0.3, -0.25) is 4.79 Å². The van der Waals surface area contributed by atoms with E-state index in [1.807, 2.05) is 0 Å². The number of nitrogens with one attached hydrogen (secondary N) is 1. The van der Waals surface area contributed by atoms with Crippen molar-refractivity contribution in [2.24, 2.45) is 0 Å². The molecular weight excluding hydrogens is 410 g/mol. The average molecular weight is 434 g/mol.